The third kappa shape index (κ3) is 5.24. The number of rotatable bonds is 8. The highest BCUT2D eigenvalue weighted by atomic mass is 19.1. The molecule has 1 atom stereocenters. The summed E-state index contributed by atoms with van der Waals surface area (Å²) in [6.45, 7) is 6.32. The number of hydrogen-bond acceptors (Lipinski definition) is 6. The van der Waals surface area contributed by atoms with Crippen LogP contribution in [0.3, 0.4) is 0 Å². The van der Waals surface area contributed by atoms with E-state index in [2.05, 4.69) is 30.9 Å². The Morgan fingerprint density at radius 1 is 1.27 bits per heavy atom. The number of carbonyl (C=O) groups is 1. The Labute approximate surface area is 174 Å². The summed E-state index contributed by atoms with van der Waals surface area (Å²) in [6.07, 6.45) is 3.35. The minimum absolute atomic E-state index is 0.0648. The number of carbonyl (C=O) groups excluding carboxylic acids is 1. The number of aromatic nitrogens is 3. The number of aliphatic hydroxyl groups is 1. The molecule has 8 nitrogen and oxygen atoms in total. The van der Waals surface area contributed by atoms with E-state index in [1.807, 2.05) is 32.2 Å². The molecule has 0 aliphatic carbocycles. The van der Waals surface area contributed by atoms with Crippen molar-refractivity contribution in [2.75, 3.05) is 17.2 Å². The van der Waals surface area contributed by atoms with Gasteiger partial charge in [0.25, 0.3) is 5.91 Å². The zero-order valence-corrected chi connectivity index (χ0v) is 17.5. The predicted molar refractivity (Wildman–Crippen MR) is 116 cm³/mol. The fourth-order valence-corrected chi connectivity index (χ4v) is 2.82. The summed E-state index contributed by atoms with van der Waals surface area (Å²) in [7, 11) is 0. The van der Waals surface area contributed by atoms with Crippen LogP contribution in [0.2, 0.25) is 0 Å². The molecular formula is C21H27FN6O2. The third-order valence-corrected chi connectivity index (χ3v) is 4.47. The summed E-state index contributed by atoms with van der Waals surface area (Å²) in [5.41, 5.74) is 0.867. The molecule has 3 rings (SSSR count). The van der Waals surface area contributed by atoms with Gasteiger partial charge >= 0.3 is 0 Å². The van der Waals surface area contributed by atoms with Gasteiger partial charge < -0.3 is 26.0 Å². The van der Waals surface area contributed by atoms with Gasteiger partial charge in [0.2, 0.25) is 0 Å². The molecule has 0 aromatic carbocycles. The van der Waals surface area contributed by atoms with Crippen LogP contribution in [0.4, 0.5) is 21.6 Å². The molecule has 0 radical (unpaired) electrons. The number of nitrogens with zero attached hydrogens (tertiary/aromatic N) is 2. The summed E-state index contributed by atoms with van der Waals surface area (Å²) in [5, 5.41) is 19.6. The van der Waals surface area contributed by atoms with Gasteiger partial charge in [-0.2, -0.15) is 0 Å². The normalized spacial score (nSPS) is 12.8. The molecule has 0 saturated heterocycles. The van der Waals surface area contributed by atoms with Crippen LogP contribution in [0.5, 0.6) is 0 Å². The molecule has 30 heavy (non-hydrogen) atoms. The lowest BCUT2D eigenvalue weighted by Crippen LogP contribution is -2.42. The second-order valence-electron chi connectivity index (χ2n) is 8.01. The van der Waals surface area contributed by atoms with E-state index < -0.39 is 17.7 Å². The lowest BCUT2D eigenvalue weighted by atomic mass is 10.0. The Hall–Kier alpha value is -3.20. The summed E-state index contributed by atoms with van der Waals surface area (Å²) >= 11 is 0. The quantitative estimate of drug-likeness (QED) is 0.386. The number of aromatic amines is 1. The number of anilines is 3. The zero-order chi connectivity index (χ0) is 21.9. The molecule has 0 aliphatic heterocycles. The second-order valence-corrected chi connectivity index (χ2v) is 8.01. The van der Waals surface area contributed by atoms with Crippen LogP contribution in [0.25, 0.3) is 11.0 Å². The number of fused-ring (bicyclic) bond motifs is 1. The minimum atomic E-state index is -1.59. The smallest absolute Gasteiger partial charge is 0.255 e. The van der Waals surface area contributed by atoms with E-state index in [4.69, 9.17) is 0 Å². The molecule has 3 heterocycles. The van der Waals surface area contributed by atoms with Gasteiger partial charge in [-0.15, -0.1) is 0 Å². The number of alkyl halides is 1. The Kier molecular flexibility index (Phi) is 6.21. The summed E-state index contributed by atoms with van der Waals surface area (Å²) in [4.78, 5) is 24.3. The number of pyridine rings is 2. The first-order valence-corrected chi connectivity index (χ1v) is 9.75. The molecule has 5 N–H and O–H groups in total. The number of nitrogens with one attached hydrogen (secondary N) is 4. The maximum Gasteiger partial charge on any atom is 0.255 e. The van der Waals surface area contributed by atoms with Gasteiger partial charge in [0.05, 0.1) is 35.3 Å². The zero-order valence-electron chi connectivity index (χ0n) is 17.5. The first kappa shape index (κ1) is 21.5. The van der Waals surface area contributed by atoms with Crippen LogP contribution in [-0.2, 0) is 0 Å². The van der Waals surface area contributed by atoms with Crippen molar-refractivity contribution in [1.29, 1.82) is 0 Å². The highest BCUT2D eigenvalue weighted by Crippen LogP contribution is 2.24. The van der Waals surface area contributed by atoms with Crippen molar-refractivity contribution >= 4 is 34.1 Å². The van der Waals surface area contributed by atoms with E-state index in [1.165, 1.54) is 20.0 Å². The average molecular weight is 414 g/mol. The number of H-pyrrole nitrogens is 1. The van der Waals surface area contributed by atoms with E-state index in [0.717, 1.165) is 16.7 Å². The van der Waals surface area contributed by atoms with Crippen molar-refractivity contribution in [3.05, 3.63) is 42.4 Å². The van der Waals surface area contributed by atoms with Crippen LogP contribution < -0.4 is 16.0 Å². The summed E-state index contributed by atoms with van der Waals surface area (Å²) in [6, 6.07) is 5.65. The SMILES string of the molecule is CC(C)Nc1cc(Nc2cnc3[nH]ccc3c2)ncc1C(=O)NCC(F)C(C)(C)O. The Balaban J connectivity index is 1.79. The minimum Gasteiger partial charge on any atom is -0.387 e. The molecule has 1 unspecified atom stereocenters. The molecule has 9 heteroatoms. The standard InChI is InChI=1S/C21H27FN6O2/c1-12(2)27-16-8-18(28-14-7-13-5-6-23-19(13)25-9-14)24-10-15(16)20(29)26-11-17(22)21(3,4)30/h5-10,12,17,30H,11H2,1-4H3,(H,23,25)(H,26,29)(H2,24,27,28). The number of hydrogen-bond donors (Lipinski definition) is 5. The molecular weight excluding hydrogens is 387 g/mol. The molecule has 1 amide bonds. The number of halogens is 1. The van der Waals surface area contributed by atoms with Crippen molar-refractivity contribution in [2.24, 2.45) is 0 Å². The average Bonchev–Trinajstić information content (AvgIpc) is 3.12. The van der Waals surface area contributed by atoms with Crippen molar-refractivity contribution in [2.45, 2.75) is 45.5 Å². The monoisotopic (exact) mass is 414 g/mol. The van der Waals surface area contributed by atoms with E-state index in [9.17, 15) is 14.3 Å². The van der Waals surface area contributed by atoms with Crippen molar-refractivity contribution in [1.82, 2.24) is 20.3 Å². The lowest BCUT2D eigenvalue weighted by Gasteiger charge is -2.23. The van der Waals surface area contributed by atoms with Gasteiger partial charge in [0, 0.05) is 29.9 Å². The molecule has 0 aliphatic rings. The second kappa shape index (κ2) is 8.66. The van der Waals surface area contributed by atoms with E-state index in [-0.39, 0.29) is 18.2 Å². The van der Waals surface area contributed by atoms with Gasteiger partial charge in [-0.3, -0.25) is 4.79 Å². The topological polar surface area (TPSA) is 115 Å². The van der Waals surface area contributed by atoms with Crippen LogP contribution >= 0.6 is 0 Å². The molecule has 0 bridgehead atoms. The van der Waals surface area contributed by atoms with Gasteiger partial charge in [-0.05, 0) is 39.8 Å². The summed E-state index contributed by atoms with van der Waals surface area (Å²) < 4.78 is 14.0. The van der Waals surface area contributed by atoms with Crippen LogP contribution in [0.15, 0.2) is 36.8 Å². The van der Waals surface area contributed by atoms with E-state index in [1.54, 1.807) is 12.3 Å². The molecule has 0 saturated carbocycles. The number of amides is 1. The van der Waals surface area contributed by atoms with Crippen molar-refractivity contribution < 1.29 is 14.3 Å². The Morgan fingerprint density at radius 3 is 2.73 bits per heavy atom. The van der Waals surface area contributed by atoms with Gasteiger partial charge in [0.15, 0.2) is 0 Å². The fraction of sp³-hybridized carbons (Fsp3) is 0.381. The molecule has 3 aromatic heterocycles. The van der Waals surface area contributed by atoms with Crippen LogP contribution in [-0.4, -0.2) is 50.3 Å². The molecule has 160 valence electrons. The largest absolute Gasteiger partial charge is 0.387 e. The van der Waals surface area contributed by atoms with Crippen molar-refractivity contribution in [3.8, 4) is 0 Å². The predicted octanol–water partition coefficient (Wildman–Crippen LogP) is 3.36. The highest BCUT2D eigenvalue weighted by Gasteiger charge is 2.27. The van der Waals surface area contributed by atoms with Crippen LogP contribution in [0.1, 0.15) is 38.1 Å². The van der Waals surface area contributed by atoms with Gasteiger partial charge in [-0.25, -0.2) is 14.4 Å². The molecule has 0 fully saturated rings. The molecule has 3 aromatic rings. The lowest BCUT2D eigenvalue weighted by molar-refractivity contribution is -0.00177. The third-order valence-electron chi connectivity index (χ3n) is 4.47. The maximum absolute atomic E-state index is 14.0. The van der Waals surface area contributed by atoms with Crippen LogP contribution in [0, 0.1) is 0 Å². The van der Waals surface area contributed by atoms with E-state index in [0.29, 0.717) is 11.5 Å². The molecule has 0 spiro atoms. The Morgan fingerprint density at radius 2 is 2.03 bits per heavy atom. The van der Waals surface area contributed by atoms with Gasteiger partial charge in [-0.1, -0.05) is 0 Å². The first-order valence-electron chi connectivity index (χ1n) is 9.75. The fourth-order valence-electron chi connectivity index (χ4n) is 2.82. The Bertz CT molecular complexity index is 1030. The first-order chi connectivity index (χ1) is 14.1. The maximum atomic E-state index is 14.0. The van der Waals surface area contributed by atoms with Crippen molar-refractivity contribution in [3.63, 3.8) is 0 Å². The summed E-state index contributed by atoms with van der Waals surface area (Å²) in [5.74, 6) is 0.0609. The highest BCUT2D eigenvalue weighted by molar-refractivity contribution is 6.00. The van der Waals surface area contributed by atoms with E-state index >= 15 is 0 Å². The van der Waals surface area contributed by atoms with Gasteiger partial charge in [0.1, 0.15) is 17.6 Å².